The molecule has 0 radical (unpaired) electrons. The highest BCUT2D eigenvalue weighted by atomic mass is 15.3. The summed E-state index contributed by atoms with van der Waals surface area (Å²) >= 11 is 0. The van der Waals surface area contributed by atoms with Gasteiger partial charge in [0.2, 0.25) is 0 Å². The summed E-state index contributed by atoms with van der Waals surface area (Å²) in [5, 5.41) is 5.61. The molecule has 0 unspecified atom stereocenters. The number of hydrogen-bond acceptors (Lipinski definition) is 2. The van der Waals surface area contributed by atoms with Gasteiger partial charge in [-0.05, 0) is 31.2 Å². The van der Waals surface area contributed by atoms with Crippen molar-refractivity contribution in [2.24, 2.45) is 14.1 Å². The molecule has 86 valence electrons. The summed E-state index contributed by atoms with van der Waals surface area (Å²) in [6, 6.07) is 8.41. The number of nitrogens with zero attached hydrogens (tertiary/aromatic N) is 4. The molecule has 0 saturated heterocycles. The number of fused-ring (bicyclic) bond motifs is 1. The maximum Gasteiger partial charge on any atom is 0.181 e. The second kappa shape index (κ2) is 3.45. The zero-order chi connectivity index (χ0) is 12.0. The quantitative estimate of drug-likeness (QED) is 0.638. The van der Waals surface area contributed by atoms with E-state index in [4.69, 9.17) is 0 Å². The van der Waals surface area contributed by atoms with Gasteiger partial charge in [0.15, 0.2) is 5.82 Å². The van der Waals surface area contributed by atoms with Crippen molar-refractivity contribution >= 4 is 10.9 Å². The van der Waals surface area contributed by atoms with Crippen LogP contribution in [0, 0.1) is 6.92 Å². The number of hydrogen-bond donors (Lipinski definition) is 0. The topological polar surface area (TPSA) is 35.6 Å². The van der Waals surface area contributed by atoms with E-state index in [2.05, 4.69) is 45.1 Å². The second-order valence-electron chi connectivity index (χ2n) is 4.31. The third-order valence-electron chi connectivity index (χ3n) is 3.12. The van der Waals surface area contributed by atoms with Gasteiger partial charge in [-0.1, -0.05) is 0 Å². The van der Waals surface area contributed by atoms with Crippen LogP contribution < -0.4 is 0 Å². The molecule has 0 aliphatic rings. The molecule has 4 heteroatoms. The first-order valence-electron chi connectivity index (χ1n) is 5.58. The van der Waals surface area contributed by atoms with Gasteiger partial charge in [-0.25, -0.2) is 4.98 Å². The molecule has 3 aromatic rings. The Bertz CT molecular complexity index is 671. The summed E-state index contributed by atoms with van der Waals surface area (Å²) in [6.07, 6.45) is 2.06. The van der Waals surface area contributed by atoms with Crippen LogP contribution in [0.1, 0.15) is 5.82 Å². The first-order valence-corrected chi connectivity index (χ1v) is 5.58. The van der Waals surface area contributed by atoms with Crippen molar-refractivity contribution in [2.45, 2.75) is 6.92 Å². The first kappa shape index (κ1) is 10.1. The summed E-state index contributed by atoms with van der Waals surface area (Å²) < 4.78 is 3.90. The summed E-state index contributed by atoms with van der Waals surface area (Å²) in [5.74, 6) is 1.71. The summed E-state index contributed by atoms with van der Waals surface area (Å²) in [6.45, 7) is 1.96. The van der Waals surface area contributed by atoms with E-state index in [9.17, 15) is 0 Å². The fourth-order valence-corrected chi connectivity index (χ4v) is 2.01. The van der Waals surface area contributed by atoms with Crippen LogP contribution in [0.3, 0.4) is 0 Å². The number of benzene rings is 1. The SMILES string of the molecule is Cc1nc(-c2ccc3c(ccn3C)c2)nn1C. The molecule has 0 saturated carbocycles. The van der Waals surface area contributed by atoms with Crippen LogP contribution in [-0.2, 0) is 14.1 Å². The molecule has 0 N–H and O–H groups in total. The van der Waals surface area contributed by atoms with Gasteiger partial charge in [-0.2, -0.15) is 5.10 Å². The van der Waals surface area contributed by atoms with E-state index >= 15 is 0 Å². The molecule has 0 bridgehead atoms. The van der Waals surface area contributed by atoms with Gasteiger partial charge in [0, 0.05) is 36.8 Å². The second-order valence-corrected chi connectivity index (χ2v) is 4.31. The molecule has 0 aliphatic carbocycles. The van der Waals surface area contributed by atoms with Crippen LogP contribution in [0.5, 0.6) is 0 Å². The molecule has 2 heterocycles. The molecule has 1 aromatic carbocycles. The lowest BCUT2D eigenvalue weighted by atomic mass is 10.1. The van der Waals surface area contributed by atoms with Crippen molar-refractivity contribution in [1.82, 2.24) is 19.3 Å². The molecule has 4 nitrogen and oxygen atoms in total. The maximum atomic E-state index is 4.44. The third-order valence-corrected chi connectivity index (χ3v) is 3.12. The molecule has 0 spiro atoms. The molecule has 3 rings (SSSR count). The molecular weight excluding hydrogens is 212 g/mol. The van der Waals surface area contributed by atoms with E-state index in [1.165, 1.54) is 10.9 Å². The predicted octanol–water partition coefficient (Wildman–Crippen LogP) is 2.28. The highest BCUT2D eigenvalue weighted by Crippen LogP contribution is 2.22. The number of aryl methyl sites for hydroxylation is 3. The average molecular weight is 226 g/mol. The Hall–Kier alpha value is -2.10. The van der Waals surface area contributed by atoms with Crippen LogP contribution in [0.25, 0.3) is 22.3 Å². The van der Waals surface area contributed by atoms with Gasteiger partial charge in [0.25, 0.3) is 0 Å². The van der Waals surface area contributed by atoms with Gasteiger partial charge < -0.3 is 4.57 Å². The maximum absolute atomic E-state index is 4.44. The molecular formula is C13H14N4. The van der Waals surface area contributed by atoms with Crippen molar-refractivity contribution in [3.63, 3.8) is 0 Å². The normalized spacial score (nSPS) is 11.2. The van der Waals surface area contributed by atoms with Crippen LogP contribution in [-0.4, -0.2) is 19.3 Å². The standard InChI is InChI=1S/C13H14N4/c1-9-14-13(15-17(9)3)11-4-5-12-10(8-11)6-7-16(12)2/h4-8H,1-3H3. The number of rotatable bonds is 1. The molecule has 0 atom stereocenters. The monoisotopic (exact) mass is 226 g/mol. The van der Waals surface area contributed by atoms with Crippen LogP contribution in [0.15, 0.2) is 30.5 Å². The molecule has 0 fully saturated rings. The highest BCUT2D eigenvalue weighted by molar-refractivity contribution is 5.84. The molecule has 0 amide bonds. The van der Waals surface area contributed by atoms with Gasteiger partial charge >= 0.3 is 0 Å². The lowest BCUT2D eigenvalue weighted by molar-refractivity contribution is 0.736. The highest BCUT2D eigenvalue weighted by Gasteiger charge is 2.07. The van der Waals surface area contributed by atoms with E-state index in [1.54, 1.807) is 4.68 Å². The summed E-state index contributed by atoms with van der Waals surface area (Å²) in [7, 11) is 3.96. The minimum Gasteiger partial charge on any atom is -0.351 e. The van der Waals surface area contributed by atoms with Gasteiger partial charge in [-0.15, -0.1) is 0 Å². The Morgan fingerprint density at radius 1 is 1.12 bits per heavy atom. The zero-order valence-corrected chi connectivity index (χ0v) is 10.2. The summed E-state index contributed by atoms with van der Waals surface area (Å²) in [4.78, 5) is 4.44. The van der Waals surface area contributed by atoms with Crippen molar-refractivity contribution in [3.8, 4) is 11.4 Å². The fourth-order valence-electron chi connectivity index (χ4n) is 2.01. The smallest absolute Gasteiger partial charge is 0.181 e. The average Bonchev–Trinajstić information content (AvgIpc) is 2.84. The van der Waals surface area contributed by atoms with Gasteiger partial charge in [-0.3, -0.25) is 4.68 Å². The van der Waals surface area contributed by atoms with Crippen LogP contribution in [0.2, 0.25) is 0 Å². The largest absolute Gasteiger partial charge is 0.351 e. The van der Waals surface area contributed by atoms with E-state index < -0.39 is 0 Å². The van der Waals surface area contributed by atoms with Crippen molar-refractivity contribution < 1.29 is 0 Å². The van der Waals surface area contributed by atoms with E-state index in [-0.39, 0.29) is 0 Å². The van der Waals surface area contributed by atoms with E-state index in [0.29, 0.717) is 0 Å². The molecule has 2 aromatic heterocycles. The lowest BCUT2D eigenvalue weighted by Crippen LogP contribution is -1.92. The third kappa shape index (κ3) is 1.53. The Labute approximate surface area is 99.5 Å². The first-order chi connectivity index (χ1) is 8.15. The molecule has 17 heavy (non-hydrogen) atoms. The minimum absolute atomic E-state index is 0.788. The Balaban J connectivity index is 2.17. The summed E-state index contributed by atoms with van der Waals surface area (Å²) in [5.41, 5.74) is 2.29. The minimum atomic E-state index is 0.788. The lowest BCUT2D eigenvalue weighted by Gasteiger charge is -1.98. The van der Waals surface area contributed by atoms with Crippen LogP contribution >= 0.6 is 0 Å². The number of aromatic nitrogens is 4. The predicted molar refractivity (Wildman–Crippen MR) is 67.7 cm³/mol. The van der Waals surface area contributed by atoms with Gasteiger partial charge in [0.1, 0.15) is 5.82 Å². The van der Waals surface area contributed by atoms with Crippen molar-refractivity contribution in [3.05, 3.63) is 36.3 Å². The van der Waals surface area contributed by atoms with Crippen molar-refractivity contribution in [1.29, 1.82) is 0 Å². The molecule has 0 aliphatic heterocycles. The van der Waals surface area contributed by atoms with Crippen LogP contribution in [0.4, 0.5) is 0 Å². The van der Waals surface area contributed by atoms with E-state index in [1.807, 2.05) is 21.0 Å². The van der Waals surface area contributed by atoms with Crippen molar-refractivity contribution in [2.75, 3.05) is 0 Å². The van der Waals surface area contributed by atoms with Gasteiger partial charge in [0.05, 0.1) is 0 Å². The zero-order valence-electron chi connectivity index (χ0n) is 10.2. The Morgan fingerprint density at radius 2 is 1.94 bits per heavy atom. The van der Waals surface area contributed by atoms with E-state index in [0.717, 1.165) is 17.2 Å². The Kier molecular flexibility index (Phi) is 2.04. The Morgan fingerprint density at radius 3 is 2.65 bits per heavy atom. The fraction of sp³-hybridized carbons (Fsp3) is 0.231.